The Labute approximate surface area is 336 Å². The van der Waals surface area contributed by atoms with Crippen LogP contribution in [0.4, 0.5) is 17.1 Å². The van der Waals surface area contributed by atoms with Crippen LogP contribution in [-0.2, 0) is 0 Å². The molecule has 9 aromatic carbocycles. The number of rotatable bonds is 6. The van der Waals surface area contributed by atoms with Crippen molar-refractivity contribution in [1.29, 1.82) is 0 Å². The fourth-order valence-corrected chi connectivity index (χ4v) is 9.53. The van der Waals surface area contributed by atoms with E-state index in [1.807, 2.05) is 11.8 Å². The summed E-state index contributed by atoms with van der Waals surface area (Å²) >= 11 is 1.85. The highest BCUT2D eigenvalue weighted by Crippen LogP contribution is 2.52. The number of anilines is 3. The Morgan fingerprint density at radius 2 is 0.789 bits per heavy atom. The predicted molar refractivity (Wildman–Crippen MR) is 241 cm³/mol. The largest absolute Gasteiger partial charge is 0.309 e. The van der Waals surface area contributed by atoms with Crippen molar-refractivity contribution < 1.29 is 0 Å². The first-order valence-electron chi connectivity index (χ1n) is 19.4. The summed E-state index contributed by atoms with van der Waals surface area (Å²) in [5.74, 6) is 0. The van der Waals surface area contributed by atoms with E-state index in [0.29, 0.717) is 0 Å². The van der Waals surface area contributed by atoms with E-state index < -0.39 is 0 Å². The summed E-state index contributed by atoms with van der Waals surface area (Å²) in [5, 5.41) is 2.51. The Balaban J connectivity index is 0.987. The second-order valence-corrected chi connectivity index (χ2v) is 15.7. The van der Waals surface area contributed by atoms with Gasteiger partial charge >= 0.3 is 0 Å². The molecule has 0 amide bonds. The maximum atomic E-state index is 2.42. The van der Waals surface area contributed by atoms with Gasteiger partial charge in [0.05, 0.1) is 22.4 Å². The molecule has 1 aromatic heterocycles. The highest BCUT2D eigenvalue weighted by Gasteiger charge is 2.25. The van der Waals surface area contributed by atoms with Gasteiger partial charge in [-0.05, 0) is 111 Å². The van der Waals surface area contributed by atoms with E-state index in [9.17, 15) is 0 Å². The molecule has 0 N–H and O–H groups in total. The molecular formula is C54H36N2S. The molecule has 268 valence electrons. The highest BCUT2D eigenvalue weighted by atomic mass is 32.2. The number of fused-ring (bicyclic) bond motifs is 5. The first-order valence-corrected chi connectivity index (χ1v) is 20.2. The third-order valence-corrected chi connectivity index (χ3v) is 12.3. The van der Waals surface area contributed by atoms with Gasteiger partial charge < -0.3 is 9.47 Å². The van der Waals surface area contributed by atoms with E-state index in [4.69, 9.17) is 0 Å². The summed E-state index contributed by atoms with van der Waals surface area (Å²) in [7, 11) is 0. The zero-order valence-electron chi connectivity index (χ0n) is 31.1. The number of benzene rings is 9. The van der Waals surface area contributed by atoms with E-state index in [1.54, 1.807) is 0 Å². The standard InChI is InChI=1S/C54H36N2S/c1-3-14-37(15-4-1)41-20-12-22-45(33-41)55-49-25-8-7-24-47(49)48-30-28-43(35-52(48)55)39-18-11-19-40(32-39)44-29-31-51-54(36-44)57-53-27-10-9-26-50(53)56(51)46-23-13-21-42(34-46)38-16-5-2-6-17-38/h1-36H. The van der Waals surface area contributed by atoms with Gasteiger partial charge in [-0.25, -0.2) is 0 Å². The smallest absolute Gasteiger partial charge is 0.0602 e. The molecule has 0 unspecified atom stereocenters. The maximum Gasteiger partial charge on any atom is 0.0602 e. The van der Waals surface area contributed by atoms with Gasteiger partial charge in [0.25, 0.3) is 0 Å². The van der Waals surface area contributed by atoms with Crippen molar-refractivity contribution in [3.8, 4) is 50.2 Å². The topological polar surface area (TPSA) is 8.17 Å². The lowest BCUT2D eigenvalue weighted by Crippen LogP contribution is -2.14. The average Bonchev–Trinajstić information content (AvgIpc) is 3.62. The van der Waals surface area contributed by atoms with Crippen LogP contribution in [0.5, 0.6) is 0 Å². The molecule has 0 atom stereocenters. The molecule has 11 rings (SSSR count). The van der Waals surface area contributed by atoms with Crippen LogP contribution in [0.25, 0.3) is 72.0 Å². The fraction of sp³-hybridized carbons (Fsp3) is 0. The fourth-order valence-electron chi connectivity index (χ4n) is 8.43. The van der Waals surface area contributed by atoms with Crippen LogP contribution >= 0.6 is 11.8 Å². The van der Waals surface area contributed by atoms with E-state index in [0.717, 1.165) is 11.4 Å². The van der Waals surface area contributed by atoms with Crippen molar-refractivity contribution in [2.45, 2.75) is 9.79 Å². The van der Waals surface area contributed by atoms with Gasteiger partial charge in [-0.1, -0.05) is 163 Å². The van der Waals surface area contributed by atoms with Crippen LogP contribution in [0, 0.1) is 0 Å². The Morgan fingerprint density at radius 3 is 1.54 bits per heavy atom. The molecule has 0 saturated heterocycles. The Hall–Kier alpha value is -7.07. The number of hydrogen-bond donors (Lipinski definition) is 0. The molecule has 10 aromatic rings. The van der Waals surface area contributed by atoms with Gasteiger partial charge in [0.15, 0.2) is 0 Å². The lowest BCUT2D eigenvalue weighted by molar-refractivity contribution is 1.17. The van der Waals surface area contributed by atoms with Crippen LogP contribution in [0.15, 0.2) is 228 Å². The van der Waals surface area contributed by atoms with E-state index >= 15 is 0 Å². The summed E-state index contributed by atoms with van der Waals surface area (Å²) in [4.78, 5) is 4.90. The van der Waals surface area contributed by atoms with Gasteiger partial charge in [0, 0.05) is 31.9 Å². The summed E-state index contributed by atoms with van der Waals surface area (Å²) < 4.78 is 2.42. The van der Waals surface area contributed by atoms with E-state index in [-0.39, 0.29) is 0 Å². The zero-order chi connectivity index (χ0) is 37.7. The minimum Gasteiger partial charge on any atom is -0.309 e. The second-order valence-electron chi connectivity index (χ2n) is 14.6. The molecule has 0 aliphatic carbocycles. The summed E-state index contributed by atoms with van der Waals surface area (Å²) in [6.07, 6.45) is 0. The first-order chi connectivity index (χ1) is 28.2. The quantitative estimate of drug-likeness (QED) is 0.168. The molecule has 3 heteroatoms. The molecule has 1 aliphatic heterocycles. The first kappa shape index (κ1) is 33.3. The van der Waals surface area contributed by atoms with Crippen molar-refractivity contribution in [3.05, 3.63) is 218 Å². The van der Waals surface area contributed by atoms with Crippen LogP contribution in [0.1, 0.15) is 0 Å². The lowest BCUT2D eigenvalue weighted by atomic mass is 9.97. The molecular weight excluding hydrogens is 709 g/mol. The third-order valence-electron chi connectivity index (χ3n) is 11.2. The minimum atomic E-state index is 1.15. The predicted octanol–water partition coefficient (Wildman–Crippen LogP) is 15.4. The van der Waals surface area contributed by atoms with Crippen molar-refractivity contribution >= 4 is 50.6 Å². The molecule has 0 spiro atoms. The van der Waals surface area contributed by atoms with Gasteiger partial charge in [0.1, 0.15) is 0 Å². The molecule has 0 saturated carbocycles. The van der Waals surface area contributed by atoms with Crippen LogP contribution in [0.3, 0.4) is 0 Å². The van der Waals surface area contributed by atoms with Crippen LogP contribution < -0.4 is 4.90 Å². The van der Waals surface area contributed by atoms with Crippen molar-refractivity contribution in [2.24, 2.45) is 0 Å². The van der Waals surface area contributed by atoms with E-state index in [2.05, 4.69) is 228 Å². The number of para-hydroxylation sites is 2. The highest BCUT2D eigenvalue weighted by molar-refractivity contribution is 7.99. The lowest BCUT2D eigenvalue weighted by Gasteiger charge is -2.33. The Kier molecular flexibility index (Phi) is 8.12. The molecule has 0 radical (unpaired) electrons. The molecule has 2 heterocycles. The minimum absolute atomic E-state index is 1.15. The van der Waals surface area contributed by atoms with Gasteiger partial charge in [0.2, 0.25) is 0 Å². The molecule has 57 heavy (non-hydrogen) atoms. The molecule has 0 bridgehead atoms. The normalized spacial score (nSPS) is 12.1. The second kappa shape index (κ2) is 13.9. The van der Waals surface area contributed by atoms with Crippen LogP contribution in [-0.4, -0.2) is 4.57 Å². The van der Waals surface area contributed by atoms with Crippen LogP contribution in [0.2, 0.25) is 0 Å². The number of nitrogens with zero attached hydrogens (tertiary/aromatic N) is 2. The summed E-state index contributed by atoms with van der Waals surface area (Å²) in [6.45, 7) is 0. The Bertz CT molecular complexity index is 3110. The third kappa shape index (κ3) is 5.92. The number of aromatic nitrogens is 1. The zero-order valence-corrected chi connectivity index (χ0v) is 31.9. The van der Waals surface area contributed by atoms with Gasteiger partial charge in [-0.3, -0.25) is 0 Å². The van der Waals surface area contributed by atoms with Gasteiger partial charge in [-0.2, -0.15) is 0 Å². The monoisotopic (exact) mass is 744 g/mol. The SMILES string of the molecule is c1ccc(-c2cccc(N3c4ccccc4Sc4cc(-c5cccc(-c6ccc7c8ccccc8n(-c8cccc(-c9ccccc9)c8)c7c6)c5)ccc43)c2)cc1. The maximum absolute atomic E-state index is 2.42. The van der Waals surface area contributed by atoms with Crippen molar-refractivity contribution in [3.63, 3.8) is 0 Å². The van der Waals surface area contributed by atoms with Crippen molar-refractivity contribution in [2.75, 3.05) is 4.90 Å². The molecule has 2 nitrogen and oxygen atoms in total. The summed E-state index contributed by atoms with van der Waals surface area (Å²) in [6, 6.07) is 79.4. The molecule has 0 fully saturated rings. The molecule has 1 aliphatic rings. The van der Waals surface area contributed by atoms with Crippen molar-refractivity contribution in [1.82, 2.24) is 4.57 Å². The van der Waals surface area contributed by atoms with E-state index in [1.165, 1.54) is 87.5 Å². The van der Waals surface area contributed by atoms with Gasteiger partial charge in [-0.15, -0.1) is 0 Å². The Morgan fingerprint density at radius 1 is 0.281 bits per heavy atom. The number of hydrogen-bond acceptors (Lipinski definition) is 2. The average molecular weight is 745 g/mol. The summed E-state index contributed by atoms with van der Waals surface area (Å²) in [5.41, 5.74) is 16.7.